The minimum Gasteiger partial charge on any atom is -0.488 e. The summed E-state index contributed by atoms with van der Waals surface area (Å²) in [5.41, 5.74) is 10.3. The minimum atomic E-state index is -0.901. The highest BCUT2D eigenvalue weighted by Crippen LogP contribution is 2.38. The van der Waals surface area contributed by atoms with E-state index in [1.54, 1.807) is 24.5 Å². The summed E-state index contributed by atoms with van der Waals surface area (Å²) in [6.07, 6.45) is 6.28. The van der Waals surface area contributed by atoms with Crippen LogP contribution >= 0.6 is 31.9 Å². The van der Waals surface area contributed by atoms with E-state index in [-0.39, 0.29) is 46.2 Å². The zero-order valence-corrected chi connectivity index (χ0v) is 39.8. The highest BCUT2D eigenvalue weighted by Gasteiger charge is 2.18. The highest BCUT2D eigenvalue weighted by molar-refractivity contribution is 9.11. The molecular formula is C51H51Br2N5O8. The van der Waals surface area contributed by atoms with Crippen molar-refractivity contribution < 1.29 is 39.4 Å². The molecule has 0 saturated carbocycles. The van der Waals surface area contributed by atoms with Crippen molar-refractivity contribution in [3.63, 3.8) is 0 Å². The van der Waals surface area contributed by atoms with E-state index in [4.69, 9.17) is 18.9 Å². The monoisotopic (exact) mass is 1020 g/mol. The van der Waals surface area contributed by atoms with Gasteiger partial charge in [-0.25, -0.2) is 0 Å². The Labute approximate surface area is 401 Å². The maximum atomic E-state index is 9.94. The van der Waals surface area contributed by atoms with Gasteiger partial charge in [0.25, 0.3) is 0 Å². The van der Waals surface area contributed by atoms with E-state index in [1.807, 2.05) is 48.5 Å². The van der Waals surface area contributed by atoms with Crippen LogP contribution in [0.4, 0.5) is 0 Å². The van der Waals surface area contributed by atoms with Crippen LogP contribution < -0.4 is 24.3 Å². The van der Waals surface area contributed by atoms with Gasteiger partial charge < -0.3 is 44.7 Å². The molecule has 0 bridgehead atoms. The minimum absolute atomic E-state index is 0.164. The number of aromatic nitrogens is 2. The number of rotatable bonds is 23. The van der Waals surface area contributed by atoms with Gasteiger partial charge in [0, 0.05) is 66.7 Å². The van der Waals surface area contributed by atoms with E-state index in [0.717, 1.165) is 60.1 Å². The van der Waals surface area contributed by atoms with Crippen LogP contribution in [0.2, 0.25) is 0 Å². The second-order valence-electron chi connectivity index (χ2n) is 15.7. The Kier molecular flexibility index (Phi) is 18.5. The Morgan fingerprint density at radius 2 is 1.09 bits per heavy atom. The van der Waals surface area contributed by atoms with E-state index in [1.165, 1.54) is 12.4 Å². The second-order valence-corrected chi connectivity index (χ2v) is 17.4. The molecule has 6 aromatic rings. The van der Waals surface area contributed by atoms with Gasteiger partial charge in [0.1, 0.15) is 61.6 Å². The van der Waals surface area contributed by atoms with Crippen molar-refractivity contribution in [1.82, 2.24) is 15.3 Å². The summed E-state index contributed by atoms with van der Waals surface area (Å²) in [6.45, 7) is 4.95. The maximum Gasteiger partial charge on any atom is 0.137 e. The van der Waals surface area contributed by atoms with Crippen molar-refractivity contribution in [2.75, 3.05) is 19.8 Å². The van der Waals surface area contributed by atoms with Crippen LogP contribution in [-0.4, -0.2) is 62.4 Å². The molecule has 0 aliphatic rings. The Balaban J connectivity index is 1.18. The predicted molar refractivity (Wildman–Crippen MR) is 256 cm³/mol. The van der Waals surface area contributed by atoms with E-state index < -0.39 is 12.2 Å². The molecule has 0 saturated heterocycles. The molecule has 66 heavy (non-hydrogen) atoms. The van der Waals surface area contributed by atoms with Gasteiger partial charge in [-0.15, -0.1) is 0 Å². The summed E-state index contributed by atoms with van der Waals surface area (Å²) >= 11 is 7.39. The molecule has 13 nitrogen and oxygen atoms in total. The first-order chi connectivity index (χ1) is 32.0. The molecule has 2 atom stereocenters. The molecule has 5 N–H and O–H groups in total. The average Bonchev–Trinajstić information content (AvgIpc) is 3.33. The molecule has 0 radical (unpaired) electrons. The number of hydrogen-bond donors (Lipinski definition) is 5. The highest BCUT2D eigenvalue weighted by atomic mass is 79.9. The molecule has 15 heteroatoms. The van der Waals surface area contributed by atoms with Crippen molar-refractivity contribution in [2.45, 2.75) is 78.3 Å². The molecule has 0 aliphatic carbocycles. The molecule has 342 valence electrons. The Morgan fingerprint density at radius 1 is 0.606 bits per heavy atom. The molecule has 4 aromatic carbocycles. The van der Waals surface area contributed by atoms with Crippen LogP contribution in [0.15, 0.2) is 107 Å². The third kappa shape index (κ3) is 13.6. The number of aryl methyl sites for hydroxylation is 1. The van der Waals surface area contributed by atoms with Gasteiger partial charge in [0.2, 0.25) is 0 Å². The number of pyridine rings is 2. The van der Waals surface area contributed by atoms with Crippen molar-refractivity contribution in [3.05, 3.63) is 162 Å². The topological polar surface area (TPSA) is 203 Å². The third-order valence-electron chi connectivity index (χ3n) is 10.9. The third-order valence-corrected chi connectivity index (χ3v) is 12.2. The summed E-state index contributed by atoms with van der Waals surface area (Å²) in [6, 6.07) is 27.5. The summed E-state index contributed by atoms with van der Waals surface area (Å²) in [5.74, 6) is 2.30. The SMILES string of the molecule is Cc1c(COc2cc(OCc3cncc(C#N)c3)c(CCC[C@@H](O)CO)cc2Br)cccc1-c1cccc(COc2cc(OCc3cncc(C#N)c3)c(CNC[C@@H](O)CO)cc2Br)c1C. The van der Waals surface area contributed by atoms with Crippen LogP contribution in [0.3, 0.4) is 0 Å². The predicted octanol–water partition coefficient (Wildman–Crippen LogP) is 8.46. The van der Waals surface area contributed by atoms with Crippen molar-refractivity contribution in [3.8, 4) is 46.3 Å². The van der Waals surface area contributed by atoms with Gasteiger partial charge in [-0.1, -0.05) is 36.4 Å². The fourth-order valence-electron chi connectivity index (χ4n) is 7.18. The normalized spacial score (nSPS) is 11.9. The molecule has 0 spiro atoms. The van der Waals surface area contributed by atoms with Crippen LogP contribution in [0.5, 0.6) is 23.0 Å². The molecule has 2 aromatic heterocycles. The zero-order chi connectivity index (χ0) is 47.0. The lowest BCUT2D eigenvalue weighted by atomic mass is 9.92. The number of hydrogen-bond acceptors (Lipinski definition) is 13. The van der Waals surface area contributed by atoms with Gasteiger partial charge in [-0.3, -0.25) is 9.97 Å². The summed E-state index contributed by atoms with van der Waals surface area (Å²) in [4.78, 5) is 8.30. The Bertz CT molecular complexity index is 2510. The summed E-state index contributed by atoms with van der Waals surface area (Å²) in [5, 5.41) is 60.2. The Morgan fingerprint density at radius 3 is 1.59 bits per heavy atom. The van der Waals surface area contributed by atoms with Gasteiger partial charge in [-0.05, 0) is 128 Å². The number of nitriles is 2. The molecule has 0 aliphatic heterocycles. The number of aliphatic hydroxyl groups is 4. The number of benzene rings is 4. The first-order valence-corrected chi connectivity index (χ1v) is 22.9. The van der Waals surface area contributed by atoms with Crippen LogP contribution in [-0.2, 0) is 39.4 Å². The smallest absolute Gasteiger partial charge is 0.137 e. The van der Waals surface area contributed by atoms with Crippen LogP contribution in [0.25, 0.3) is 11.1 Å². The molecule has 0 fully saturated rings. The van der Waals surface area contributed by atoms with Crippen molar-refractivity contribution >= 4 is 31.9 Å². The number of halogens is 2. The first kappa shape index (κ1) is 49.6. The quantitative estimate of drug-likeness (QED) is 0.0409. The molecule has 0 amide bonds. The largest absolute Gasteiger partial charge is 0.488 e. The number of aliphatic hydroxyl groups excluding tert-OH is 4. The fraction of sp³-hybridized carbons (Fsp3) is 0.294. The number of nitrogens with one attached hydrogen (secondary N) is 1. The molecule has 0 unspecified atom stereocenters. The van der Waals surface area contributed by atoms with Gasteiger partial charge in [0.15, 0.2) is 0 Å². The van der Waals surface area contributed by atoms with E-state index in [0.29, 0.717) is 64.4 Å². The fourth-order valence-corrected chi connectivity index (χ4v) is 8.19. The Hall–Kier alpha value is -5.88. The van der Waals surface area contributed by atoms with Gasteiger partial charge in [0.05, 0.1) is 45.5 Å². The number of ether oxygens (including phenoxy) is 4. The zero-order valence-electron chi connectivity index (χ0n) is 36.6. The molecule has 6 rings (SSSR count). The number of nitrogens with zero attached hydrogens (tertiary/aromatic N) is 4. The van der Waals surface area contributed by atoms with Crippen LogP contribution in [0, 0.1) is 36.5 Å². The van der Waals surface area contributed by atoms with Crippen LogP contribution in [0.1, 0.15) is 68.5 Å². The summed E-state index contributed by atoms with van der Waals surface area (Å²) in [7, 11) is 0. The second kappa shape index (κ2) is 24.6. The van der Waals surface area contributed by atoms with Crippen molar-refractivity contribution in [1.29, 1.82) is 10.5 Å². The van der Waals surface area contributed by atoms with Crippen molar-refractivity contribution in [2.24, 2.45) is 0 Å². The first-order valence-electron chi connectivity index (χ1n) is 21.3. The van der Waals surface area contributed by atoms with Gasteiger partial charge >= 0.3 is 0 Å². The average molecular weight is 1020 g/mol. The lowest BCUT2D eigenvalue weighted by molar-refractivity contribution is 0.0866. The maximum absolute atomic E-state index is 9.94. The van der Waals surface area contributed by atoms with E-state index in [2.05, 4.69) is 85.3 Å². The molecular weight excluding hydrogens is 970 g/mol. The standard InChI is InChI=1S/C51H51Br2N5O8/c1-32-39(30-65-50-16-48(63-28-36-12-34(18-54)20-56-22-36)38(14-46(50)52)6-3-9-42(61)26-59)7-4-10-44(32)45-11-5-8-40(33(45)2)31-66-51-17-49(64-29-37-13-35(19-55)21-57-23-37)41(15-47(51)53)24-58-25-43(62)27-60/h4-5,7-8,10-17,20-23,42-43,58-62H,3,6,9,24-31H2,1-2H3/t42-,43-/m1/s1. The summed E-state index contributed by atoms with van der Waals surface area (Å²) < 4.78 is 26.9. The van der Waals surface area contributed by atoms with E-state index in [9.17, 15) is 30.9 Å². The lowest BCUT2D eigenvalue weighted by Gasteiger charge is -2.19. The van der Waals surface area contributed by atoms with E-state index >= 15 is 0 Å². The molecule has 2 heterocycles. The lowest BCUT2D eigenvalue weighted by Crippen LogP contribution is -2.29. The van der Waals surface area contributed by atoms with Gasteiger partial charge in [-0.2, -0.15) is 10.5 Å².